The summed E-state index contributed by atoms with van der Waals surface area (Å²) in [7, 11) is 0. The molecule has 1 aliphatic carbocycles. The molecule has 2 atom stereocenters. The quantitative estimate of drug-likeness (QED) is 0.878. The Bertz CT molecular complexity index is 571. The molecule has 2 aromatic rings. The molecule has 1 saturated carbocycles. The van der Waals surface area contributed by atoms with Crippen LogP contribution in [0.15, 0.2) is 28.8 Å². The number of nitrogens with zero attached hydrogens (tertiary/aromatic N) is 1. The second-order valence-corrected chi connectivity index (χ2v) is 5.69. The molecular weight excluding hydrogens is 236 g/mol. The maximum absolute atomic E-state index is 6.02. The van der Waals surface area contributed by atoms with Gasteiger partial charge in [0, 0.05) is 5.92 Å². The molecule has 0 bridgehead atoms. The summed E-state index contributed by atoms with van der Waals surface area (Å²) in [6, 6.07) is 8.40. The minimum absolute atomic E-state index is 0.459. The fourth-order valence-corrected chi connectivity index (χ4v) is 3.11. The summed E-state index contributed by atoms with van der Waals surface area (Å²) in [5.41, 5.74) is 9.37. The van der Waals surface area contributed by atoms with Crippen LogP contribution >= 0.6 is 0 Å². The van der Waals surface area contributed by atoms with Crippen LogP contribution in [-0.4, -0.2) is 5.16 Å². The normalized spacial score (nSPS) is 22.8. The lowest BCUT2D eigenvalue weighted by molar-refractivity contribution is 0.341. The molecule has 0 amide bonds. The predicted octanol–water partition coefficient (Wildman–Crippen LogP) is 4.14. The first kappa shape index (κ1) is 12.3. The average Bonchev–Trinajstić information content (AvgIpc) is 2.97. The van der Waals surface area contributed by atoms with Gasteiger partial charge in [-0.1, -0.05) is 48.3 Å². The summed E-state index contributed by atoms with van der Waals surface area (Å²) < 4.78 is 5.56. The lowest BCUT2D eigenvalue weighted by atomic mass is 9.90. The molecule has 3 nitrogen and oxygen atoms in total. The van der Waals surface area contributed by atoms with Crippen LogP contribution in [0.2, 0.25) is 0 Å². The zero-order valence-electron chi connectivity index (χ0n) is 11.5. The summed E-state index contributed by atoms with van der Waals surface area (Å²) in [5.74, 6) is 2.60. The minimum Gasteiger partial charge on any atom is -0.380 e. The highest BCUT2D eigenvalue weighted by Gasteiger charge is 2.31. The molecule has 0 spiro atoms. The third-order valence-electron chi connectivity index (χ3n) is 4.28. The Morgan fingerprint density at radius 2 is 1.95 bits per heavy atom. The lowest BCUT2D eigenvalue weighted by Crippen LogP contribution is -2.02. The second-order valence-electron chi connectivity index (χ2n) is 5.69. The SMILES string of the molecule is Cc1ccc(-c2c(N)noc2C2CCCC2C)cc1. The molecule has 1 fully saturated rings. The van der Waals surface area contributed by atoms with E-state index in [0.717, 1.165) is 16.9 Å². The van der Waals surface area contributed by atoms with Crippen LogP contribution in [0.4, 0.5) is 5.82 Å². The zero-order valence-corrected chi connectivity index (χ0v) is 11.5. The molecular formula is C16H20N2O. The summed E-state index contributed by atoms with van der Waals surface area (Å²) in [4.78, 5) is 0. The van der Waals surface area contributed by atoms with Gasteiger partial charge in [0.15, 0.2) is 5.82 Å². The zero-order chi connectivity index (χ0) is 13.4. The van der Waals surface area contributed by atoms with Crippen LogP contribution in [0.25, 0.3) is 11.1 Å². The first-order valence-corrected chi connectivity index (χ1v) is 6.99. The van der Waals surface area contributed by atoms with Crippen molar-refractivity contribution in [2.45, 2.75) is 39.0 Å². The van der Waals surface area contributed by atoms with Gasteiger partial charge in [-0.05, 0) is 31.2 Å². The molecule has 1 heterocycles. The number of aryl methyl sites for hydroxylation is 1. The topological polar surface area (TPSA) is 52.0 Å². The van der Waals surface area contributed by atoms with E-state index in [1.807, 2.05) is 0 Å². The number of nitrogen functional groups attached to an aromatic ring is 1. The van der Waals surface area contributed by atoms with Crippen LogP contribution in [0, 0.1) is 12.8 Å². The first-order chi connectivity index (χ1) is 9.16. The Kier molecular flexibility index (Phi) is 3.05. The van der Waals surface area contributed by atoms with Crippen molar-refractivity contribution in [1.82, 2.24) is 5.16 Å². The Labute approximate surface area is 113 Å². The molecule has 0 radical (unpaired) electrons. The molecule has 3 rings (SSSR count). The van der Waals surface area contributed by atoms with Crippen molar-refractivity contribution >= 4 is 5.82 Å². The molecule has 1 aliphatic rings. The van der Waals surface area contributed by atoms with Crippen molar-refractivity contribution in [3.05, 3.63) is 35.6 Å². The minimum atomic E-state index is 0.459. The molecule has 19 heavy (non-hydrogen) atoms. The van der Waals surface area contributed by atoms with E-state index in [1.54, 1.807) is 0 Å². The number of anilines is 1. The maximum atomic E-state index is 6.02. The van der Waals surface area contributed by atoms with Crippen molar-refractivity contribution in [2.24, 2.45) is 5.92 Å². The number of nitrogens with two attached hydrogens (primary N) is 1. The highest BCUT2D eigenvalue weighted by molar-refractivity contribution is 5.76. The Morgan fingerprint density at radius 1 is 1.21 bits per heavy atom. The van der Waals surface area contributed by atoms with Crippen molar-refractivity contribution in [2.75, 3.05) is 5.73 Å². The Morgan fingerprint density at radius 3 is 2.58 bits per heavy atom. The van der Waals surface area contributed by atoms with Crippen LogP contribution in [0.1, 0.15) is 43.4 Å². The second kappa shape index (κ2) is 4.72. The average molecular weight is 256 g/mol. The van der Waals surface area contributed by atoms with Crippen LogP contribution in [0.3, 0.4) is 0 Å². The van der Waals surface area contributed by atoms with E-state index in [2.05, 4.69) is 43.3 Å². The lowest BCUT2D eigenvalue weighted by Gasteiger charge is -2.13. The number of aromatic nitrogens is 1. The van der Waals surface area contributed by atoms with Gasteiger partial charge in [-0.3, -0.25) is 0 Å². The van der Waals surface area contributed by atoms with Crippen LogP contribution in [-0.2, 0) is 0 Å². The van der Waals surface area contributed by atoms with Gasteiger partial charge in [0.1, 0.15) is 5.76 Å². The molecule has 2 N–H and O–H groups in total. The van der Waals surface area contributed by atoms with E-state index >= 15 is 0 Å². The standard InChI is InChI=1S/C16H20N2O/c1-10-6-8-12(9-7-10)14-15(19-18-16(14)17)13-5-3-4-11(13)2/h6-9,11,13H,3-5H2,1-2H3,(H2,17,18). The molecule has 0 saturated heterocycles. The van der Waals surface area contributed by atoms with Crippen molar-refractivity contribution in [3.8, 4) is 11.1 Å². The van der Waals surface area contributed by atoms with E-state index in [0.29, 0.717) is 17.7 Å². The third kappa shape index (κ3) is 2.14. The van der Waals surface area contributed by atoms with E-state index in [9.17, 15) is 0 Å². The largest absolute Gasteiger partial charge is 0.380 e. The fourth-order valence-electron chi connectivity index (χ4n) is 3.11. The number of benzene rings is 1. The first-order valence-electron chi connectivity index (χ1n) is 6.99. The van der Waals surface area contributed by atoms with Crippen molar-refractivity contribution in [1.29, 1.82) is 0 Å². The van der Waals surface area contributed by atoms with Gasteiger partial charge in [-0.15, -0.1) is 0 Å². The molecule has 1 aromatic heterocycles. The highest BCUT2D eigenvalue weighted by atomic mass is 16.5. The van der Waals surface area contributed by atoms with Gasteiger partial charge in [0.2, 0.25) is 0 Å². The van der Waals surface area contributed by atoms with Gasteiger partial charge in [-0.2, -0.15) is 0 Å². The highest BCUT2D eigenvalue weighted by Crippen LogP contribution is 2.44. The number of hydrogen-bond acceptors (Lipinski definition) is 3. The van der Waals surface area contributed by atoms with E-state index < -0.39 is 0 Å². The molecule has 1 aromatic carbocycles. The third-order valence-corrected chi connectivity index (χ3v) is 4.28. The smallest absolute Gasteiger partial charge is 0.175 e. The van der Waals surface area contributed by atoms with Crippen molar-refractivity contribution < 1.29 is 4.52 Å². The van der Waals surface area contributed by atoms with Crippen molar-refractivity contribution in [3.63, 3.8) is 0 Å². The van der Waals surface area contributed by atoms with Gasteiger partial charge in [0.25, 0.3) is 0 Å². The van der Waals surface area contributed by atoms with Gasteiger partial charge in [-0.25, -0.2) is 0 Å². The Balaban J connectivity index is 2.05. The summed E-state index contributed by atoms with van der Waals surface area (Å²) in [6.45, 7) is 4.37. The van der Waals surface area contributed by atoms with Crippen LogP contribution < -0.4 is 5.73 Å². The number of hydrogen-bond donors (Lipinski definition) is 1. The summed E-state index contributed by atoms with van der Waals surface area (Å²) in [5, 5.41) is 4.00. The molecule has 100 valence electrons. The van der Waals surface area contributed by atoms with E-state index in [1.165, 1.54) is 24.8 Å². The fraction of sp³-hybridized carbons (Fsp3) is 0.438. The number of rotatable bonds is 2. The van der Waals surface area contributed by atoms with Gasteiger partial charge < -0.3 is 10.3 Å². The van der Waals surface area contributed by atoms with E-state index in [-0.39, 0.29) is 0 Å². The molecule has 3 heteroatoms. The molecule has 2 unspecified atom stereocenters. The maximum Gasteiger partial charge on any atom is 0.175 e. The van der Waals surface area contributed by atoms with Gasteiger partial charge >= 0.3 is 0 Å². The van der Waals surface area contributed by atoms with E-state index in [4.69, 9.17) is 10.3 Å². The predicted molar refractivity (Wildman–Crippen MR) is 76.8 cm³/mol. The molecule has 0 aliphatic heterocycles. The summed E-state index contributed by atoms with van der Waals surface area (Å²) in [6.07, 6.45) is 3.70. The van der Waals surface area contributed by atoms with Gasteiger partial charge in [0.05, 0.1) is 5.56 Å². The monoisotopic (exact) mass is 256 g/mol. The van der Waals surface area contributed by atoms with Crippen LogP contribution in [0.5, 0.6) is 0 Å². The Hall–Kier alpha value is -1.77. The summed E-state index contributed by atoms with van der Waals surface area (Å²) >= 11 is 0.